The monoisotopic (exact) mass is 213 g/mol. The second kappa shape index (κ2) is 4.97. The Morgan fingerprint density at radius 1 is 1.40 bits per heavy atom. The first-order valence-corrected chi connectivity index (χ1v) is 5.82. The number of carbonyl (C=O) groups excluding carboxylic acids is 1. The fourth-order valence-corrected chi connectivity index (χ4v) is 1.89. The van der Waals surface area contributed by atoms with Gasteiger partial charge in [0.1, 0.15) is 6.61 Å². The Morgan fingerprint density at radius 3 is 2.53 bits per heavy atom. The van der Waals surface area contributed by atoms with Crippen molar-refractivity contribution in [2.75, 3.05) is 6.61 Å². The van der Waals surface area contributed by atoms with Crippen LogP contribution in [-0.4, -0.2) is 24.2 Å². The highest BCUT2D eigenvalue weighted by Crippen LogP contribution is 2.24. The van der Waals surface area contributed by atoms with Crippen LogP contribution in [0.5, 0.6) is 0 Å². The van der Waals surface area contributed by atoms with Gasteiger partial charge in [0.25, 0.3) is 0 Å². The lowest BCUT2D eigenvalue weighted by Gasteiger charge is -2.21. The third-order valence-corrected chi connectivity index (χ3v) is 2.84. The minimum Gasteiger partial charge on any atom is -0.366 e. The van der Waals surface area contributed by atoms with Gasteiger partial charge in [-0.3, -0.25) is 4.79 Å². The van der Waals surface area contributed by atoms with E-state index in [0.717, 1.165) is 6.42 Å². The number of ether oxygens (including phenoxy) is 1. The van der Waals surface area contributed by atoms with E-state index >= 15 is 0 Å². The van der Waals surface area contributed by atoms with Crippen LogP contribution in [0.4, 0.5) is 0 Å². The van der Waals surface area contributed by atoms with Crippen LogP contribution in [0, 0.1) is 5.92 Å². The van der Waals surface area contributed by atoms with Gasteiger partial charge in [0, 0.05) is 6.04 Å². The molecule has 1 rings (SSSR count). The molecule has 1 amide bonds. The fraction of sp³-hybridized carbons (Fsp3) is 0.917. The summed E-state index contributed by atoms with van der Waals surface area (Å²) in [7, 11) is 0. The standard InChI is InChI=1S/C12H23NO2/c1-9-6-5-7-10(9)13-11(14)8-15-12(2,3)4/h9-10H,5-8H2,1-4H3,(H,13,14). The summed E-state index contributed by atoms with van der Waals surface area (Å²) in [4.78, 5) is 11.6. The van der Waals surface area contributed by atoms with Crippen LogP contribution in [0.3, 0.4) is 0 Å². The van der Waals surface area contributed by atoms with Crippen LogP contribution in [0.1, 0.15) is 47.0 Å². The van der Waals surface area contributed by atoms with E-state index in [1.807, 2.05) is 20.8 Å². The Kier molecular flexibility index (Phi) is 4.14. The normalized spacial score (nSPS) is 26.7. The zero-order valence-corrected chi connectivity index (χ0v) is 10.3. The first kappa shape index (κ1) is 12.5. The zero-order valence-electron chi connectivity index (χ0n) is 10.3. The number of nitrogens with one attached hydrogen (secondary N) is 1. The van der Waals surface area contributed by atoms with Gasteiger partial charge in [0.15, 0.2) is 0 Å². The smallest absolute Gasteiger partial charge is 0.246 e. The van der Waals surface area contributed by atoms with Crippen molar-refractivity contribution in [2.45, 2.75) is 58.6 Å². The number of hydrogen-bond donors (Lipinski definition) is 1. The SMILES string of the molecule is CC1CCCC1NC(=O)COC(C)(C)C. The van der Waals surface area contributed by atoms with Crippen LogP contribution >= 0.6 is 0 Å². The summed E-state index contributed by atoms with van der Waals surface area (Å²) in [6.45, 7) is 8.24. The van der Waals surface area contributed by atoms with Crippen LogP contribution in [-0.2, 0) is 9.53 Å². The quantitative estimate of drug-likeness (QED) is 0.779. The average molecular weight is 213 g/mol. The molecule has 2 atom stereocenters. The Balaban J connectivity index is 2.24. The fourth-order valence-electron chi connectivity index (χ4n) is 1.89. The van der Waals surface area contributed by atoms with Crippen molar-refractivity contribution in [3.63, 3.8) is 0 Å². The van der Waals surface area contributed by atoms with E-state index in [9.17, 15) is 4.79 Å². The van der Waals surface area contributed by atoms with Gasteiger partial charge in [-0.25, -0.2) is 0 Å². The molecule has 3 heteroatoms. The Hall–Kier alpha value is -0.570. The average Bonchev–Trinajstić information content (AvgIpc) is 2.47. The van der Waals surface area contributed by atoms with Gasteiger partial charge in [-0.1, -0.05) is 13.3 Å². The van der Waals surface area contributed by atoms with E-state index in [0.29, 0.717) is 12.0 Å². The molecule has 1 N–H and O–H groups in total. The van der Waals surface area contributed by atoms with Gasteiger partial charge in [0.05, 0.1) is 5.60 Å². The molecule has 1 saturated carbocycles. The molecule has 0 aliphatic heterocycles. The molecule has 15 heavy (non-hydrogen) atoms. The van der Waals surface area contributed by atoms with Gasteiger partial charge in [-0.05, 0) is 39.5 Å². The first-order chi connectivity index (χ1) is 6.88. The van der Waals surface area contributed by atoms with Gasteiger partial charge < -0.3 is 10.1 Å². The maximum absolute atomic E-state index is 11.6. The molecule has 0 aromatic heterocycles. The molecule has 0 bridgehead atoms. The molecule has 0 saturated heterocycles. The molecule has 0 heterocycles. The number of rotatable bonds is 3. The highest BCUT2D eigenvalue weighted by Gasteiger charge is 2.25. The van der Waals surface area contributed by atoms with Gasteiger partial charge >= 0.3 is 0 Å². The summed E-state index contributed by atoms with van der Waals surface area (Å²) < 4.78 is 5.42. The summed E-state index contributed by atoms with van der Waals surface area (Å²) in [5, 5.41) is 3.04. The van der Waals surface area contributed by atoms with E-state index in [1.54, 1.807) is 0 Å². The van der Waals surface area contributed by atoms with Crippen molar-refractivity contribution in [1.29, 1.82) is 0 Å². The molecule has 0 aromatic rings. The number of hydrogen-bond acceptors (Lipinski definition) is 2. The van der Waals surface area contributed by atoms with E-state index in [-0.39, 0.29) is 18.1 Å². The second-order valence-electron chi connectivity index (χ2n) is 5.48. The van der Waals surface area contributed by atoms with Crippen LogP contribution < -0.4 is 5.32 Å². The van der Waals surface area contributed by atoms with Crippen molar-refractivity contribution in [3.05, 3.63) is 0 Å². The minimum absolute atomic E-state index is 0.0173. The lowest BCUT2D eigenvalue weighted by molar-refractivity contribution is -0.131. The van der Waals surface area contributed by atoms with Crippen molar-refractivity contribution < 1.29 is 9.53 Å². The van der Waals surface area contributed by atoms with Crippen molar-refractivity contribution in [2.24, 2.45) is 5.92 Å². The molecular formula is C12H23NO2. The maximum Gasteiger partial charge on any atom is 0.246 e. The second-order valence-corrected chi connectivity index (χ2v) is 5.48. The lowest BCUT2D eigenvalue weighted by Crippen LogP contribution is -2.40. The predicted octanol–water partition coefficient (Wildman–Crippen LogP) is 2.11. The molecule has 2 unspecified atom stereocenters. The van der Waals surface area contributed by atoms with E-state index in [1.165, 1.54) is 12.8 Å². The molecule has 1 fully saturated rings. The summed E-state index contributed by atoms with van der Waals surface area (Å²) in [5.41, 5.74) is -0.237. The molecule has 88 valence electrons. The Bertz CT molecular complexity index is 220. The highest BCUT2D eigenvalue weighted by molar-refractivity contribution is 5.77. The molecule has 0 radical (unpaired) electrons. The first-order valence-electron chi connectivity index (χ1n) is 5.82. The Morgan fingerprint density at radius 2 is 2.07 bits per heavy atom. The molecular weight excluding hydrogens is 190 g/mol. The predicted molar refractivity (Wildman–Crippen MR) is 60.7 cm³/mol. The Labute approximate surface area is 92.6 Å². The van der Waals surface area contributed by atoms with Gasteiger partial charge in [-0.2, -0.15) is 0 Å². The summed E-state index contributed by atoms with van der Waals surface area (Å²) in [5.74, 6) is 0.632. The lowest BCUT2D eigenvalue weighted by atomic mass is 10.1. The topological polar surface area (TPSA) is 38.3 Å². The zero-order chi connectivity index (χ0) is 11.5. The van der Waals surface area contributed by atoms with Crippen LogP contribution in [0.25, 0.3) is 0 Å². The largest absolute Gasteiger partial charge is 0.366 e. The maximum atomic E-state index is 11.6. The van der Waals surface area contributed by atoms with Crippen LogP contribution in [0.2, 0.25) is 0 Å². The highest BCUT2D eigenvalue weighted by atomic mass is 16.5. The van der Waals surface area contributed by atoms with Crippen molar-refractivity contribution >= 4 is 5.91 Å². The molecule has 0 aromatic carbocycles. The van der Waals surface area contributed by atoms with E-state index in [2.05, 4.69) is 12.2 Å². The van der Waals surface area contributed by atoms with Gasteiger partial charge in [-0.15, -0.1) is 0 Å². The molecule has 1 aliphatic carbocycles. The summed E-state index contributed by atoms with van der Waals surface area (Å²) in [6.07, 6.45) is 3.57. The third-order valence-electron chi connectivity index (χ3n) is 2.84. The summed E-state index contributed by atoms with van der Waals surface area (Å²) in [6, 6.07) is 0.362. The third kappa shape index (κ3) is 4.65. The number of carbonyl (C=O) groups is 1. The molecule has 1 aliphatic rings. The molecule has 0 spiro atoms. The van der Waals surface area contributed by atoms with Crippen molar-refractivity contribution in [1.82, 2.24) is 5.32 Å². The van der Waals surface area contributed by atoms with Crippen molar-refractivity contribution in [3.8, 4) is 0 Å². The molecule has 3 nitrogen and oxygen atoms in total. The van der Waals surface area contributed by atoms with Crippen LogP contribution in [0.15, 0.2) is 0 Å². The van der Waals surface area contributed by atoms with E-state index < -0.39 is 0 Å². The summed E-state index contributed by atoms with van der Waals surface area (Å²) >= 11 is 0. The minimum atomic E-state index is -0.237. The van der Waals surface area contributed by atoms with Gasteiger partial charge in [0.2, 0.25) is 5.91 Å². The number of amides is 1. The van der Waals surface area contributed by atoms with E-state index in [4.69, 9.17) is 4.74 Å².